The van der Waals surface area contributed by atoms with Crippen LogP contribution < -0.4 is 10.2 Å². The number of aliphatic hydroxyl groups is 2. The predicted octanol–water partition coefficient (Wildman–Crippen LogP) is 0.818. The molecule has 0 heterocycles. The van der Waals surface area contributed by atoms with E-state index in [1.807, 2.05) is 11.8 Å². The molecule has 0 aliphatic heterocycles. The van der Waals surface area contributed by atoms with Crippen LogP contribution in [0.15, 0.2) is 18.2 Å². The number of anilines is 2. The topological polar surface area (TPSA) is 98.9 Å². The summed E-state index contributed by atoms with van der Waals surface area (Å²) in [6, 6.07) is 4.84. The third kappa shape index (κ3) is 4.08. The molecule has 0 radical (unpaired) electrons. The number of nitro benzene ring substituents is 1. The van der Waals surface area contributed by atoms with E-state index in [0.717, 1.165) is 0 Å². The lowest BCUT2D eigenvalue weighted by molar-refractivity contribution is -0.383. The van der Waals surface area contributed by atoms with Gasteiger partial charge in [0.1, 0.15) is 5.69 Å². The van der Waals surface area contributed by atoms with Crippen molar-refractivity contribution in [2.24, 2.45) is 0 Å². The Morgan fingerprint density at radius 3 is 2.63 bits per heavy atom. The Balaban J connectivity index is 3.03. The number of nitro groups is 1. The van der Waals surface area contributed by atoms with Crippen molar-refractivity contribution >= 4 is 17.1 Å². The average Bonchev–Trinajstić information content (AvgIpc) is 2.42. The van der Waals surface area contributed by atoms with Crippen LogP contribution in [0.25, 0.3) is 0 Å². The molecule has 0 amide bonds. The molecule has 0 aliphatic rings. The number of nitrogens with zero attached hydrogens (tertiary/aromatic N) is 2. The van der Waals surface area contributed by atoms with Gasteiger partial charge in [-0.1, -0.05) is 0 Å². The molecule has 7 nitrogen and oxygen atoms in total. The highest BCUT2D eigenvalue weighted by Crippen LogP contribution is 2.29. The molecule has 1 aromatic rings. The van der Waals surface area contributed by atoms with E-state index in [9.17, 15) is 10.1 Å². The van der Waals surface area contributed by atoms with E-state index in [2.05, 4.69) is 5.32 Å². The van der Waals surface area contributed by atoms with Crippen molar-refractivity contribution in [3.63, 3.8) is 0 Å². The molecular formula is C12H19N3O4. The molecule has 0 aromatic heterocycles. The summed E-state index contributed by atoms with van der Waals surface area (Å²) in [5.41, 5.74) is 1.03. The van der Waals surface area contributed by atoms with E-state index in [0.29, 0.717) is 24.5 Å². The maximum atomic E-state index is 11.0. The number of hydrogen-bond acceptors (Lipinski definition) is 6. The van der Waals surface area contributed by atoms with E-state index in [1.54, 1.807) is 12.1 Å². The van der Waals surface area contributed by atoms with Gasteiger partial charge in [-0.2, -0.15) is 0 Å². The number of hydrogen-bond donors (Lipinski definition) is 3. The van der Waals surface area contributed by atoms with Crippen LogP contribution in [0.3, 0.4) is 0 Å². The second-order valence-electron chi connectivity index (χ2n) is 3.91. The van der Waals surface area contributed by atoms with Gasteiger partial charge in [0, 0.05) is 31.4 Å². The zero-order valence-corrected chi connectivity index (χ0v) is 10.9. The van der Waals surface area contributed by atoms with Gasteiger partial charge in [-0.3, -0.25) is 10.1 Å². The Hall–Kier alpha value is -1.86. The van der Waals surface area contributed by atoms with E-state index in [-0.39, 0.29) is 25.4 Å². The molecule has 0 unspecified atom stereocenters. The van der Waals surface area contributed by atoms with Crippen molar-refractivity contribution < 1.29 is 15.1 Å². The van der Waals surface area contributed by atoms with Gasteiger partial charge in [0.05, 0.1) is 18.1 Å². The number of nitrogens with one attached hydrogen (secondary N) is 1. The fourth-order valence-electron chi connectivity index (χ4n) is 1.80. The first kappa shape index (κ1) is 15.2. The molecule has 0 aliphatic carbocycles. The minimum Gasteiger partial charge on any atom is -0.395 e. The van der Waals surface area contributed by atoms with Crippen molar-refractivity contribution in [3.8, 4) is 0 Å². The molecule has 7 heteroatoms. The monoisotopic (exact) mass is 269 g/mol. The fourth-order valence-corrected chi connectivity index (χ4v) is 1.80. The molecule has 0 saturated heterocycles. The summed E-state index contributed by atoms with van der Waals surface area (Å²) in [4.78, 5) is 12.4. The Labute approximate surface area is 111 Å². The summed E-state index contributed by atoms with van der Waals surface area (Å²) < 4.78 is 0. The second-order valence-corrected chi connectivity index (χ2v) is 3.91. The van der Waals surface area contributed by atoms with E-state index in [4.69, 9.17) is 10.2 Å². The van der Waals surface area contributed by atoms with Crippen LogP contribution in [0.4, 0.5) is 17.1 Å². The first-order valence-electron chi connectivity index (χ1n) is 6.13. The highest BCUT2D eigenvalue weighted by molar-refractivity contribution is 5.68. The van der Waals surface area contributed by atoms with Crippen LogP contribution in [-0.4, -0.2) is 48.0 Å². The molecule has 1 aromatic carbocycles. The molecule has 1 rings (SSSR count). The van der Waals surface area contributed by atoms with Gasteiger partial charge in [0.25, 0.3) is 5.69 Å². The fraction of sp³-hybridized carbons (Fsp3) is 0.500. The van der Waals surface area contributed by atoms with Gasteiger partial charge in [0.15, 0.2) is 0 Å². The summed E-state index contributed by atoms with van der Waals surface area (Å²) in [5, 5.41) is 31.5. The Bertz CT molecular complexity index is 425. The molecule has 19 heavy (non-hydrogen) atoms. The van der Waals surface area contributed by atoms with Gasteiger partial charge < -0.3 is 20.4 Å². The molecule has 0 atom stereocenters. The van der Waals surface area contributed by atoms with E-state index >= 15 is 0 Å². The molecule has 3 N–H and O–H groups in total. The molecular weight excluding hydrogens is 250 g/mol. The summed E-state index contributed by atoms with van der Waals surface area (Å²) in [5.74, 6) is 0. The minimum absolute atomic E-state index is 0.00779. The lowest BCUT2D eigenvalue weighted by Gasteiger charge is -2.22. The molecule has 0 bridgehead atoms. The van der Waals surface area contributed by atoms with Crippen molar-refractivity contribution in [1.29, 1.82) is 0 Å². The Morgan fingerprint density at radius 1 is 1.37 bits per heavy atom. The normalized spacial score (nSPS) is 10.3. The highest BCUT2D eigenvalue weighted by Gasteiger charge is 2.16. The van der Waals surface area contributed by atoms with Crippen LogP contribution in [0.1, 0.15) is 6.92 Å². The predicted molar refractivity (Wildman–Crippen MR) is 73.6 cm³/mol. The van der Waals surface area contributed by atoms with Crippen LogP contribution in [-0.2, 0) is 0 Å². The van der Waals surface area contributed by atoms with Gasteiger partial charge in [-0.15, -0.1) is 0 Å². The maximum Gasteiger partial charge on any atom is 0.294 e. The maximum absolute atomic E-state index is 11.0. The number of aliphatic hydroxyl groups excluding tert-OH is 2. The number of benzene rings is 1. The SMILES string of the molecule is CCN(CCO)c1ccc(NCCO)c([N+](=O)[O-])c1. The largest absolute Gasteiger partial charge is 0.395 e. The highest BCUT2D eigenvalue weighted by atomic mass is 16.6. The van der Waals surface area contributed by atoms with Crippen LogP contribution in [0, 0.1) is 10.1 Å². The smallest absolute Gasteiger partial charge is 0.294 e. The third-order valence-electron chi connectivity index (χ3n) is 2.72. The zero-order valence-electron chi connectivity index (χ0n) is 10.9. The first-order chi connectivity index (χ1) is 9.13. The summed E-state index contributed by atoms with van der Waals surface area (Å²) in [7, 11) is 0. The Morgan fingerprint density at radius 2 is 2.11 bits per heavy atom. The van der Waals surface area contributed by atoms with Crippen molar-refractivity contribution in [2.45, 2.75) is 6.92 Å². The van der Waals surface area contributed by atoms with E-state index in [1.165, 1.54) is 6.07 Å². The molecule has 0 spiro atoms. The lowest BCUT2D eigenvalue weighted by atomic mass is 10.2. The second kappa shape index (κ2) is 7.55. The quantitative estimate of drug-likeness (QED) is 0.477. The molecule has 0 fully saturated rings. The lowest BCUT2D eigenvalue weighted by Crippen LogP contribution is -2.26. The standard InChI is InChI=1S/C12H19N3O4/c1-2-14(6-8-17)10-3-4-11(13-5-7-16)12(9-10)15(18)19/h3-4,9,13,16-17H,2,5-8H2,1H3. The van der Waals surface area contributed by atoms with Crippen LogP contribution in [0.2, 0.25) is 0 Å². The summed E-state index contributed by atoms with van der Waals surface area (Å²) in [6.45, 7) is 3.16. The van der Waals surface area contributed by atoms with Crippen molar-refractivity contribution in [2.75, 3.05) is 43.1 Å². The number of likely N-dealkylation sites (N-methyl/N-ethyl adjacent to an activating group) is 1. The average molecular weight is 269 g/mol. The first-order valence-corrected chi connectivity index (χ1v) is 6.13. The van der Waals surface area contributed by atoms with Crippen LogP contribution in [0.5, 0.6) is 0 Å². The zero-order chi connectivity index (χ0) is 14.3. The third-order valence-corrected chi connectivity index (χ3v) is 2.72. The molecule has 0 saturated carbocycles. The number of rotatable bonds is 8. The van der Waals surface area contributed by atoms with Crippen molar-refractivity contribution in [3.05, 3.63) is 28.3 Å². The minimum atomic E-state index is -0.462. The Kier molecular flexibility index (Phi) is 6.04. The van der Waals surface area contributed by atoms with Gasteiger partial charge in [0.2, 0.25) is 0 Å². The summed E-state index contributed by atoms with van der Waals surface area (Å²) >= 11 is 0. The van der Waals surface area contributed by atoms with Gasteiger partial charge in [-0.25, -0.2) is 0 Å². The van der Waals surface area contributed by atoms with E-state index < -0.39 is 4.92 Å². The van der Waals surface area contributed by atoms with Gasteiger partial charge in [-0.05, 0) is 19.1 Å². The van der Waals surface area contributed by atoms with Crippen LogP contribution >= 0.6 is 0 Å². The molecule has 106 valence electrons. The van der Waals surface area contributed by atoms with Crippen molar-refractivity contribution in [1.82, 2.24) is 0 Å². The van der Waals surface area contributed by atoms with Gasteiger partial charge >= 0.3 is 0 Å². The summed E-state index contributed by atoms with van der Waals surface area (Å²) in [6.07, 6.45) is 0.